The average Bonchev–Trinajstić information content (AvgIpc) is 2.44. The maximum absolute atomic E-state index is 11.4. The van der Waals surface area contributed by atoms with Gasteiger partial charge in [-0.2, -0.15) is 0 Å². The Morgan fingerprint density at radius 2 is 1.30 bits per heavy atom. The van der Waals surface area contributed by atoms with E-state index in [0.717, 1.165) is 25.2 Å². The summed E-state index contributed by atoms with van der Waals surface area (Å²) in [5.41, 5.74) is 5.51. The lowest BCUT2D eigenvalue weighted by Gasteiger charge is -2.16. The Balaban J connectivity index is 3.78. The molecule has 0 aliphatic heterocycles. The van der Waals surface area contributed by atoms with Crippen molar-refractivity contribution in [3.63, 3.8) is 0 Å². The largest absolute Gasteiger partial charge is 0.369 e. The van der Waals surface area contributed by atoms with Gasteiger partial charge in [-0.1, -0.05) is 85.0 Å². The monoisotopic (exact) mass is 283 g/mol. The van der Waals surface area contributed by atoms with Gasteiger partial charge in [-0.15, -0.1) is 0 Å². The SMILES string of the molecule is CCCCC[C@H](CCCC[C@@H](CC)CCCC)C(N)=O. The van der Waals surface area contributed by atoms with Crippen molar-refractivity contribution in [1.82, 2.24) is 0 Å². The summed E-state index contributed by atoms with van der Waals surface area (Å²) in [6.07, 6.45) is 14.7. The molecular weight excluding hydrogens is 246 g/mol. The highest BCUT2D eigenvalue weighted by Crippen LogP contribution is 2.22. The van der Waals surface area contributed by atoms with Gasteiger partial charge in [0, 0.05) is 5.92 Å². The van der Waals surface area contributed by atoms with Crippen molar-refractivity contribution < 1.29 is 4.79 Å². The topological polar surface area (TPSA) is 43.1 Å². The summed E-state index contributed by atoms with van der Waals surface area (Å²) in [5.74, 6) is 0.929. The number of unbranched alkanes of at least 4 members (excludes halogenated alkanes) is 4. The summed E-state index contributed by atoms with van der Waals surface area (Å²) in [4.78, 5) is 11.4. The highest BCUT2D eigenvalue weighted by atomic mass is 16.1. The molecule has 0 saturated heterocycles. The highest BCUT2D eigenvalue weighted by Gasteiger charge is 2.14. The molecule has 0 aliphatic rings. The smallest absolute Gasteiger partial charge is 0.220 e. The Morgan fingerprint density at radius 1 is 0.800 bits per heavy atom. The van der Waals surface area contributed by atoms with Gasteiger partial charge < -0.3 is 5.73 Å². The van der Waals surface area contributed by atoms with Crippen molar-refractivity contribution in [3.05, 3.63) is 0 Å². The maximum atomic E-state index is 11.4. The lowest BCUT2D eigenvalue weighted by molar-refractivity contribution is -0.122. The molecule has 2 heteroatoms. The number of primary amides is 1. The van der Waals surface area contributed by atoms with E-state index >= 15 is 0 Å². The third-order valence-electron chi connectivity index (χ3n) is 4.52. The van der Waals surface area contributed by atoms with E-state index in [-0.39, 0.29) is 11.8 Å². The van der Waals surface area contributed by atoms with Crippen LogP contribution in [0.5, 0.6) is 0 Å². The van der Waals surface area contributed by atoms with Crippen LogP contribution in [0.3, 0.4) is 0 Å². The minimum atomic E-state index is -0.0841. The van der Waals surface area contributed by atoms with Crippen LogP contribution < -0.4 is 5.73 Å². The summed E-state index contributed by atoms with van der Waals surface area (Å²) in [5, 5.41) is 0. The zero-order chi connectivity index (χ0) is 15.2. The molecule has 2 N–H and O–H groups in total. The van der Waals surface area contributed by atoms with Gasteiger partial charge in [0.15, 0.2) is 0 Å². The van der Waals surface area contributed by atoms with E-state index in [1.807, 2.05) is 0 Å². The summed E-state index contributed by atoms with van der Waals surface area (Å²) < 4.78 is 0. The molecule has 0 rings (SSSR count). The van der Waals surface area contributed by atoms with Crippen LogP contribution in [0.15, 0.2) is 0 Å². The van der Waals surface area contributed by atoms with Crippen molar-refractivity contribution in [2.45, 2.75) is 97.8 Å². The van der Waals surface area contributed by atoms with E-state index in [2.05, 4.69) is 20.8 Å². The second-order valence-corrected chi connectivity index (χ2v) is 6.30. The summed E-state index contributed by atoms with van der Waals surface area (Å²) in [6.45, 7) is 6.76. The molecule has 0 spiro atoms. The van der Waals surface area contributed by atoms with Gasteiger partial charge in [0.05, 0.1) is 0 Å². The fraction of sp³-hybridized carbons (Fsp3) is 0.944. The van der Waals surface area contributed by atoms with E-state index in [1.54, 1.807) is 0 Å². The first kappa shape index (κ1) is 19.5. The molecule has 0 radical (unpaired) electrons. The molecule has 0 aromatic rings. The van der Waals surface area contributed by atoms with Crippen molar-refractivity contribution in [2.24, 2.45) is 17.6 Å². The Morgan fingerprint density at radius 3 is 1.80 bits per heavy atom. The molecule has 0 aromatic carbocycles. The Kier molecular flexibility index (Phi) is 13.1. The van der Waals surface area contributed by atoms with Gasteiger partial charge >= 0.3 is 0 Å². The molecule has 0 heterocycles. The number of hydrogen-bond acceptors (Lipinski definition) is 1. The molecular formula is C18H37NO. The quantitative estimate of drug-likeness (QED) is 0.423. The zero-order valence-corrected chi connectivity index (χ0v) is 14.1. The molecule has 1 amide bonds. The van der Waals surface area contributed by atoms with Crippen LogP contribution in [0.4, 0.5) is 0 Å². The molecule has 120 valence electrons. The van der Waals surface area contributed by atoms with Gasteiger partial charge in [-0.25, -0.2) is 0 Å². The minimum Gasteiger partial charge on any atom is -0.369 e. The molecule has 2 nitrogen and oxygen atoms in total. The second kappa shape index (κ2) is 13.5. The molecule has 0 unspecified atom stereocenters. The van der Waals surface area contributed by atoms with E-state index in [1.165, 1.54) is 57.8 Å². The second-order valence-electron chi connectivity index (χ2n) is 6.30. The molecule has 0 aliphatic carbocycles. The summed E-state index contributed by atoms with van der Waals surface area (Å²) in [7, 11) is 0. The minimum absolute atomic E-state index is 0.0841. The van der Waals surface area contributed by atoms with E-state index in [4.69, 9.17) is 5.73 Å². The summed E-state index contributed by atoms with van der Waals surface area (Å²) in [6, 6.07) is 0. The lowest BCUT2D eigenvalue weighted by Crippen LogP contribution is -2.23. The molecule has 20 heavy (non-hydrogen) atoms. The van der Waals surface area contributed by atoms with Crippen LogP contribution >= 0.6 is 0 Å². The number of carbonyl (C=O) groups excluding carboxylic acids is 1. The van der Waals surface area contributed by atoms with Crippen molar-refractivity contribution >= 4 is 5.91 Å². The van der Waals surface area contributed by atoms with Crippen LogP contribution in [0.1, 0.15) is 97.8 Å². The highest BCUT2D eigenvalue weighted by molar-refractivity contribution is 5.76. The van der Waals surface area contributed by atoms with Gasteiger partial charge in [0.2, 0.25) is 5.91 Å². The number of rotatable bonds is 14. The van der Waals surface area contributed by atoms with Crippen LogP contribution in [0, 0.1) is 11.8 Å². The maximum Gasteiger partial charge on any atom is 0.220 e. The molecule has 0 fully saturated rings. The average molecular weight is 283 g/mol. The Hall–Kier alpha value is -0.530. The van der Waals surface area contributed by atoms with Gasteiger partial charge in [0.1, 0.15) is 0 Å². The number of amides is 1. The zero-order valence-electron chi connectivity index (χ0n) is 14.1. The van der Waals surface area contributed by atoms with Gasteiger partial charge in [-0.05, 0) is 18.8 Å². The molecule has 0 aromatic heterocycles. The Labute approximate surface area is 126 Å². The summed E-state index contributed by atoms with van der Waals surface area (Å²) >= 11 is 0. The molecule has 0 bridgehead atoms. The predicted octanol–water partition coefficient (Wildman–Crippen LogP) is 5.45. The predicted molar refractivity (Wildman–Crippen MR) is 88.6 cm³/mol. The van der Waals surface area contributed by atoms with Crippen molar-refractivity contribution in [1.29, 1.82) is 0 Å². The number of carbonyl (C=O) groups is 1. The standard InChI is InChI=1S/C18H37NO/c1-4-7-9-14-17(18(19)20)15-11-10-13-16(6-3)12-8-5-2/h16-17H,4-15H2,1-3H3,(H2,19,20)/t16-,17+/m0/s1. The first-order valence-electron chi connectivity index (χ1n) is 8.94. The first-order valence-corrected chi connectivity index (χ1v) is 8.94. The van der Waals surface area contributed by atoms with Crippen LogP contribution in [0.2, 0.25) is 0 Å². The Bertz CT molecular complexity index is 227. The van der Waals surface area contributed by atoms with Crippen molar-refractivity contribution in [3.8, 4) is 0 Å². The van der Waals surface area contributed by atoms with Crippen LogP contribution in [0.25, 0.3) is 0 Å². The first-order chi connectivity index (χ1) is 9.65. The lowest BCUT2D eigenvalue weighted by atomic mass is 9.90. The van der Waals surface area contributed by atoms with Gasteiger partial charge in [-0.3, -0.25) is 4.79 Å². The van der Waals surface area contributed by atoms with Crippen LogP contribution in [-0.2, 0) is 4.79 Å². The number of hydrogen-bond donors (Lipinski definition) is 1. The van der Waals surface area contributed by atoms with Gasteiger partial charge in [0.25, 0.3) is 0 Å². The van der Waals surface area contributed by atoms with Crippen LogP contribution in [-0.4, -0.2) is 5.91 Å². The van der Waals surface area contributed by atoms with E-state index < -0.39 is 0 Å². The fourth-order valence-corrected chi connectivity index (χ4v) is 2.94. The third-order valence-corrected chi connectivity index (χ3v) is 4.52. The molecule has 0 saturated carbocycles. The van der Waals surface area contributed by atoms with E-state index in [9.17, 15) is 4.79 Å². The molecule has 2 atom stereocenters. The number of nitrogens with two attached hydrogens (primary N) is 1. The van der Waals surface area contributed by atoms with E-state index in [0.29, 0.717) is 0 Å². The van der Waals surface area contributed by atoms with Crippen molar-refractivity contribution in [2.75, 3.05) is 0 Å². The normalized spacial score (nSPS) is 14.2. The fourth-order valence-electron chi connectivity index (χ4n) is 2.94. The third kappa shape index (κ3) is 10.3.